The second-order valence-corrected chi connectivity index (χ2v) is 8.52. The summed E-state index contributed by atoms with van der Waals surface area (Å²) in [5.41, 5.74) is -1.07. The predicted molar refractivity (Wildman–Crippen MR) is 91.7 cm³/mol. The van der Waals surface area contributed by atoms with E-state index in [0.717, 1.165) is 5.46 Å². The van der Waals surface area contributed by atoms with Crippen LogP contribution >= 0.6 is 0 Å². The minimum absolute atomic E-state index is 0.0540. The highest BCUT2D eigenvalue weighted by atomic mass is 19.3. The van der Waals surface area contributed by atoms with E-state index in [0.29, 0.717) is 13.1 Å². The molecule has 2 aliphatic heterocycles. The molecule has 0 bridgehead atoms. The summed E-state index contributed by atoms with van der Waals surface area (Å²) in [6.07, 6.45) is 0. The van der Waals surface area contributed by atoms with Gasteiger partial charge in [-0.3, -0.25) is 0 Å². The number of rotatable bonds is 3. The molecular weight excluding hydrogens is 311 g/mol. The summed E-state index contributed by atoms with van der Waals surface area (Å²) in [5, 5.41) is 0. The Morgan fingerprint density at radius 2 is 1.42 bits per heavy atom. The maximum Gasteiger partial charge on any atom is 0.494 e. The van der Waals surface area contributed by atoms with E-state index in [-0.39, 0.29) is 5.56 Å². The topological polar surface area (TPSA) is 21.7 Å². The molecule has 0 radical (unpaired) electrons. The van der Waals surface area contributed by atoms with E-state index >= 15 is 0 Å². The molecule has 0 atom stereocenters. The smallest absolute Gasteiger partial charge is 0.399 e. The van der Waals surface area contributed by atoms with Gasteiger partial charge in [0.25, 0.3) is 5.92 Å². The van der Waals surface area contributed by atoms with Gasteiger partial charge in [0.1, 0.15) is 0 Å². The molecule has 0 saturated carbocycles. The van der Waals surface area contributed by atoms with Crippen LogP contribution in [0.1, 0.15) is 40.2 Å². The average molecular weight is 337 g/mol. The predicted octanol–water partition coefficient (Wildman–Crippen LogP) is 3.03. The second-order valence-electron chi connectivity index (χ2n) is 8.52. The summed E-state index contributed by atoms with van der Waals surface area (Å²) in [6.45, 7) is 10.4. The molecule has 2 fully saturated rings. The number of hydrogen-bond donors (Lipinski definition) is 0. The number of hydrogen-bond acceptors (Lipinski definition) is 3. The van der Waals surface area contributed by atoms with E-state index in [4.69, 9.17) is 9.31 Å². The van der Waals surface area contributed by atoms with E-state index in [2.05, 4.69) is 0 Å². The first-order valence-electron chi connectivity index (χ1n) is 8.40. The Bertz CT molecular complexity index is 608. The van der Waals surface area contributed by atoms with Crippen molar-refractivity contribution < 1.29 is 18.1 Å². The van der Waals surface area contributed by atoms with Crippen molar-refractivity contribution in [2.75, 3.05) is 20.1 Å². The lowest BCUT2D eigenvalue weighted by Crippen LogP contribution is -2.60. The van der Waals surface area contributed by atoms with Crippen LogP contribution < -0.4 is 5.46 Å². The van der Waals surface area contributed by atoms with E-state index in [9.17, 15) is 8.78 Å². The first kappa shape index (κ1) is 17.8. The molecule has 2 saturated heterocycles. The van der Waals surface area contributed by atoms with Gasteiger partial charge in [-0.05, 0) is 40.2 Å². The zero-order valence-electron chi connectivity index (χ0n) is 15.3. The van der Waals surface area contributed by atoms with Gasteiger partial charge in [0.05, 0.1) is 16.6 Å². The Kier molecular flexibility index (Phi) is 3.91. The van der Waals surface area contributed by atoms with Crippen molar-refractivity contribution in [3.63, 3.8) is 0 Å². The fraction of sp³-hybridized carbons (Fsp3) is 0.667. The summed E-state index contributed by atoms with van der Waals surface area (Å²) in [6, 6.07) is 6.39. The van der Waals surface area contributed by atoms with Crippen molar-refractivity contribution in [3.05, 3.63) is 29.8 Å². The molecule has 0 spiro atoms. The first-order valence-corrected chi connectivity index (χ1v) is 8.40. The summed E-state index contributed by atoms with van der Waals surface area (Å²) < 4.78 is 41.6. The van der Waals surface area contributed by atoms with Crippen LogP contribution in [0.25, 0.3) is 0 Å². The Balaban J connectivity index is 1.80. The van der Waals surface area contributed by atoms with Crippen LogP contribution in [0.15, 0.2) is 24.3 Å². The van der Waals surface area contributed by atoms with Crippen molar-refractivity contribution in [2.24, 2.45) is 5.41 Å². The summed E-state index contributed by atoms with van der Waals surface area (Å²) in [5.74, 6) is -2.85. The van der Waals surface area contributed by atoms with Crippen molar-refractivity contribution in [3.8, 4) is 0 Å². The van der Waals surface area contributed by atoms with Gasteiger partial charge in [0.2, 0.25) is 0 Å². The molecule has 6 heteroatoms. The molecule has 3 rings (SSSR count). The molecule has 132 valence electrons. The number of nitrogens with zero attached hydrogens (tertiary/aromatic N) is 1. The normalized spacial score (nSPS) is 25.6. The minimum Gasteiger partial charge on any atom is -0.399 e. The lowest BCUT2D eigenvalue weighted by atomic mass is 9.72. The van der Waals surface area contributed by atoms with E-state index in [1.54, 1.807) is 19.1 Å². The van der Waals surface area contributed by atoms with Gasteiger partial charge < -0.3 is 14.2 Å². The quantitative estimate of drug-likeness (QED) is 0.792. The van der Waals surface area contributed by atoms with Gasteiger partial charge in [-0.25, -0.2) is 8.78 Å². The Hall–Kier alpha value is -0.975. The lowest BCUT2D eigenvalue weighted by molar-refractivity contribution is -0.183. The van der Waals surface area contributed by atoms with Crippen molar-refractivity contribution >= 4 is 12.6 Å². The fourth-order valence-electron chi connectivity index (χ4n) is 3.52. The maximum atomic E-state index is 14.8. The van der Waals surface area contributed by atoms with Crippen LogP contribution in [-0.4, -0.2) is 43.4 Å². The Morgan fingerprint density at radius 3 is 1.83 bits per heavy atom. The van der Waals surface area contributed by atoms with Crippen LogP contribution in [0.2, 0.25) is 0 Å². The molecule has 2 heterocycles. The Labute approximate surface area is 143 Å². The summed E-state index contributed by atoms with van der Waals surface area (Å²) >= 11 is 0. The van der Waals surface area contributed by atoms with E-state index in [1.807, 2.05) is 39.6 Å². The van der Waals surface area contributed by atoms with Crippen molar-refractivity contribution in [1.82, 2.24) is 4.90 Å². The van der Waals surface area contributed by atoms with Crippen LogP contribution in [-0.2, 0) is 15.2 Å². The molecule has 1 aromatic carbocycles. The van der Waals surface area contributed by atoms with Gasteiger partial charge in [0, 0.05) is 18.7 Å². The second kappa shape index (κ2) is 5.26. The average Bonchev–Trinajstić information content (AvgIpc) is 2.66. The molecule has 0 aromatic heterocycles. The van der Waals surface area contributed by atoms with Crippen LogP contribution in [0.4, 0.5) is 8.78 Å². The maximum absolute atomic E-state index is 14.8. The highest BCUT2D eigenvalue weighted by Gasteiger charge is 2.57. The molecule has 24 heavy (non-hydrogen) atoms. The molecule has 2 aliphatic rings. The standard InChI is InChI=1S/C18H26BF2NO2/c1-15(2)16(3,4)24-19(23-15)14-9-7-13(8-10-14)18(20,21)17(5)11-22(6)12-17/h7-10H,11-12H2,1-6H3. The van der Waals surface area contributed by atoms with E-state index in [1.165, 1.54) is 12.1 Å². The van der Waals surface area contributed by atoms with Crippen molar-refractivity contribution in [1.29, 1.82) is 0 Å². The third kappa shape index (κ3) is 2.59. The number of benzene rings is 1. The largest absolute Gasteiger partial charge is 0.494 e. The lowest BCUT2D eigenvalue weighted by Gasteiger charge is -2.50. The van der Waals surface area contributed by atoms with Gasteiger partial charge in [-0.1, -0.05) is 31.2 Å². The fourth-order valence-corrected chi connectivity index (χ4v) is 3.52. The Morgan fingerprint density at radius 1 is 0.958 bits per heavy atom. The monoisotopic (exact) mass is 337 g/mol. The molecule has 0 N–H and O–H groups in total. The molecule has 0 amide bonds. The number of alkyl halides is 2. The molecule has 0 aliphatic carbocycles. The van der Waals surface area contributed by atoms with Crippen LogP contribution in [0, 0.1) is 5.41 Å². The van der Waals surface area contributed by atoms with Crippen LogP contribution in [0.3, 0.4) is 0 Å². The van der Waals surface area contributed by atoms with E-state index < -0.39 is 29.7 Å². The molecule has 3 nitrogen and oxygen atoms in total. The van der Waals surface area contributed by atoms with Crippen LogP contribution in [0.5, 0.6) is 0 Å². The minimum atomic E-state index is -2.85. The number of halogens is 2. The molecule has 0 unspecified atom stereocenters. The molecular formula is C18H26BF2NO2. The molecule has 1 aromatic rings. The summed E-state index contributed by atoms with van der Waals surface area (Å²) in [4.78, 5) is 1.91. The highest BCUT2D eigenvalue weighted by Crippen LogP contribution is 2.49. The first-order chi connectivity index (χ1) is 10.9. The number of likely N-dealkylation sites (tertiary alicyclic amines) is 1. The zero-order chi connectivity index (χ0) is 18.0. The van der Waals surface area contributed by atoms with Gasteiger partial charge in [-0.2, -0.15) is 0 Å². The SMILES string of the molecule is CN1CC(C)(C(F)(F)c2ccc(B3OC(C)(C)C(C)(C)O3)cc2)C1. The highest BCUT2D eigenvalue weighted by molar-refractivity contribution is 6.62. The third-order valence-corrected chi connectivity index (χ3v) is 5.79. The zero-order valence-corrected chi connectivity index (χ0v) is 15.3. The van der Waals surface area contributed by atoms with Gasteiger partial charge in [-0.15, -0.1) is 0 Å². The van der Waals surface area contributed by atoms with Gasteiger partial charge >= 0.3 is 7.12 Å². The third-order valence-electron chi connectivity index (χ3n) is 5.79. The van der Waals surface area contributed by atoms with Gasteiger partial charge in [0.15, 0.2) is 0 Å². The van der Waals surface area contributed by atoms with Crippen molar-refractivity contribution in [2.45, 2.75) is 51.7 Å². The summed E-state index contributed by atoms with van der Waals surface area (Å²) in [7, 11) is 1.34.